The minimum Gasteiger partial charge on any atom is -0.313 e. The molecule has 3 heteroatoms. The van der Waals surface area contributed by atoms with Crippen molar-refractivity contribution in [2.75, 3.05) is 7.05 Å². The van der Waals surface area contributed by atoms with Crippen LogP contribution < -0.4 is 5.32 Å². The number of nitrogens with one attached hydrogen (secondary N) is 1. The van der Waals surface area contributed by atoms with E-state index in [0.717, 1.165) is 17.1 Å². The second kappa shape index (κ2) is 4.72. The highest BCUT2D eigenvalue weighted by Gasteiger charge is 2.07. The summed E-state index contributed by atoms with van der Waals surface area (Å²) in [6.07, 6.45) is 0. The van der Waals surface area contributed by atoms with Gasteiger partial charge in [0.05, 0.1) is 11.4 Å². The molecule has 17 heavy (non-hydrogen) atoms. The number of benzene rings is 1. The van der Waals surface area contributed by atoms with Crippen molar-refractivity contribution in [2.24, 2.45) is 0 Å². The Balaban J connectivity index is 2.43. The van der Waals surface area contributed by atoms with E-state index in [1.54, 1.807) is 0 Å². The molecule has 3 nitrogen and oxygen atoms in total. The zero-order valence-corrected chi connectivity index (χ0v) is 10.9. The maximum absolute atomic E-state index is 4.50. The first-order valence-electron chi connectivity index (χ1n) is 5.92. The lowest BCUT2D eigenvalue weighted by Gasteiger charge is -2.12. The Morgan fingerprint density at radius 1 is 1.24 bits per heavy atom. The van der Waals surface area contributed by atoms with E-state index in [2.05, 4.69) is 54.6 Å². The van der Waals surface area contributed by atoms with E-state index in [-0.39, 0.29) is 0 Å². The van der Waals surface area contributed by atoms with E-state index in [1.807, 2.05) is 18.7 Å². The number of aromatic nitrogens is 2. The van der Waals surface area contributed by atoms with Gasteiger partial charge >= 0.3 is 0 Å². The number of nitrogens with zero attached hydrogens (tertiary/aromatic N) is 2. The summed E-state index contributed by atoms with van der Waals surface area (Å²) in [5.74, 6) is 0. The predicted molar refractivity (Wildman–Crippen MR) is 70.5 cm³/mol. The van der Waals surface area contributed by atoms with Gasteiger partial charge in [-0.25, -0.2) is 4.68 Å². The van der Waals surface area contributed by atoms with Gasteiger partial charge in [0.15, 0.2) is 0 Å². The van der Waals surface area contributed by atoms with Crippen molar-refractivity contribution in [2.45, 2.75) is 26.8 Å². The third kappa shape index (κ3) is 2.39. The maximum Gasteiger partial charge on any atom is 0.0652 e. The monoisotopic (exact) mass is 229 g/mol. The smallest absolute Gasteiger partial charge is 0.0652 e. The Hall–Kier alpha value is -1.61. The van der Waals surface area contributed by atoms with Gasteiger partial charge in [0.1, 0.15) is 0 Å². The van der Waals surface area contributed by atoms with Gasteiger partial charge < -0.3 is 5.32 Å². The molecule has 0 aliphatic carbocycles. The predicted octanol–water partition coefficient (Wildman–Crippen LogP) is 2.77. The summed E-state index contributed by atoms with van der Waals surface area (Å²) in [6, 6.07) is 10.9. The fraction of sp³-hybridized carbons (Fsp3) is 0.357. The standard InChI is InChI=1S/C14H19N3/c1-10-8-11(2)17(16-10)14-7-5-6-13(9-14)12(3)15-4/h5-9,12,15H,1-4H3. The molecule has 0 saturated carbocycles. The zero-order chi connectivity index (χ0) is 12.4. The van der Waals surface area contributed by atoms with Crippen LogP contribution in [-0.2, 0) is 0 Å². The van der Waals surface area contributed by atoms with Crippen molar-refractivity contribution in [3.05, 3.63) is 47.3 Å². The molecule has 0 bridgehead atoms. The molecular formula is C14H19N3. The van der Waals surface area contributed by atoms with Crippen LogP contribution in [0, 0.1) is 13.8 Å². The summed E-state index contributed by atoms with van der Waals surface area (Å²) in [4.78, 5) is 0. The van der Waals surface area contributed by atoms with Gasteiger partial charge in [-0.2, -0.15) is 5.10 Å². The topological polar surface area (TPSA) is 29.9 Å². The van der Waals surface area contributed by atoms with Crippen molar-refractivity contribution < 1.29 is 0 Å². The van der Waals surface area contributed by atoms with Crippen molar-refractivity contribution in [1.29, 1.82) is 0 Å². The Bertz CT molecular complexity index is 514. The summed E-state index contributed by atoms with van der Waals surface area (Å²) in [5.41, 5.74) is 4.61. The molecule has 1 unspecified atom stereocenters. The highest BCUT2D eigenvalue weighted by molar-refractivity contribution is 5.38. The van der Waals surface area contributed by atoms with Crippen LogP contribution >= 0.6 is 0 Å². The van der Waals surface area contributed by atoms with E-state index >= 15 is 0 Å². The molecule has 1 aromatic carbocycles. The van der Waals surface area contributed by atoms with E-state index in [1.165, 1.54) is 5.56 Å². The third-order valence-electron chi connectivity index (χ3n) is 3.06. The van der Waals surface area contributed by atoms with Gasteiger partial charge in [-0.15, -0.1) is 0 Å². The summed E-state index contributed by atoms with van der Waals surface area (Å²) >= 11 is 0. The lowest BCUT2D eigenvalue weighted by Crippen LogP contribution is -2.12. The molecule has 1 atom stereocenters. The van der Waals surface area contributed by atoms with Crippen LogP contribution in [-0.4, -0.2) is 16.8 Å². The number of hydrogen-bond acceptors (Lipinski definition) is 2. The molecule has 90 valence electrons. The average molecular weight is 229 g/mol. The summed E-state index contributed by atoms with van der Waals surface area (Å²) in [6.45, 7) is 6.25. The Kier molecular flexibility index (Phi) is 3.29. The van der Waals surface area contributed by atoms with Gasteiger partial charge in [0.25, 0.3) is 0 Å². The third-order valence-corrected chi connectivity index (χ3v) is 3.06. The molecule has 1 N–H and O–H groups in total. The first-order chi connectivity index (χ1) is 8.11. The Morgan fingerprint density at radius 2 is 2.00 bits per heavy atom. The largest absolute Gasteiger partial charge is 0.313 e. The lowest BCUT2D eigenvalue weighted by atomic mass is 10.1. The van der Waals surface area contributed by atoms with Crippen LogP contribution in [0.3, 0.4) is 0 Å². The SMILES string of the molecule is CNC(C)c1cccc(-n2nc(C)cc2C)c1. The van der Waals surface area contributed by atoms with Crippen molar-refractivity contribution in [1.82, 2.24) is 15.1 Å². The number of aryl methyl sites for hydroxylation is 2. The Labute approximate surface area is 102 Å². The van der Waals surface area contributed by atoms with E-state index in [4.69, 9.17) is 0 Å². The summed E-state index contributed by atoms with van der Waals surface area (Å²) in [5, 5.41) is 7.75. The minimum atomic E-state index is 0.354. The molecule has 0 aliphatic heterocycles. The van der Waals surface area contributed by atoms with Crippen LogP contribution in [0.15, 0.2) is 30.3 Å². The zero-order valence-electron chi connectivity index (χ0n) is 10.9. The quantitative estimate of drug-likeness (QED) is 0.877. The molecule has 0 amide bonds. The lowest BCUT2D eigenvalue weighted by molar-refractivity contribution is 0.651. The first-order valence-corrected chi connectivity index (χ1v) is 5.92. The normalized spacial score (nSPS) is 12.7. The highest BCUT2D eigenvalue weighted by Crippen LogP contribution is 2.17. The van der Waals surface area contributed by atoms with Crippen LogP contribution in [0.25, 0.3) is 5.69 Å². The average Bonchev–Trinajstić information content (AvgIpc) is 2.67. The van der Waals surface area contributed by atoms with Crippen molar-refractivity contribution in [3.63, 3.8) is 0 Å². The van der Waals surface area contributed by atoms with E-state index < -0.39 is 0 Å². The molecule has 0 saturated heterocycles. The van der Waals surface area contributed by atoms with Gasteiger partial charge in [0.2, 0.25) is 0 Å². The molecule has 1 heterocycles. The maximum atomic E-state index is 4.50. The molecule has 1 aromatic heterocycles. The second-order valence-corrected chi connectivity index (χ2v) is 4.44. The molecule has 2 rings (SSSR count). The molecule has 0 fully saturated rings. The summed E-state index contributed by atoms with van der Waals surface area (Å²) < 4.78 is 1.99. The molecule has 0 aliphatic rings. The summed E-state index contributed by atoms with van der Waals surface area (Å²) in [7, 11) is 1.97. The Morgan fingerprint density at radius 3 is 2.59 bits per heavy atom. The highest BCUT2D eigenvalue weighted by atomic mass is 15.3. The number of rotatable bonds is 3. The van der Waals surface area contributed by atoms with Crippen LogP contribution in [0.1, 0.15) is 29.9 Å². The van der Waals surface area contributed by atoms with E-state index in [9.17, 15) is 0 Å². The van der Waals surface area contributed by atoms with E-state index in [0.29, 0.717) is 6.04 Å². The van der Waals surface area contributed by atoms with Gasteiger partial charge in [-0.3, -0.25) is 0 Å². The van der Waals surface area contributed by atoms with Gasteiger partial charge in [-0.1, -0.05) is 12.1 Å². The second-order valence-electron chi connectivity index (χ2n) is 4.44. The fourth-order valence-corrected chi connectivity index (χ4v) is 1.98. The molecule has 2 aromatic rings. The number of hydrogen-bond donors (Lipinski definition) is 1. The van der Waals surface area contributed by atoms with Crippen LogP contribution in [0.2, 0.25) is 0 Å². The molecular weight excluding hydrogens is 210 g/mol. The van der Waals surface area contributed by atoms with Crippen LogP contribution in [0.4, 0.5) is 0 Å². The van der Waals surface area contributed by atoms with Crippen molar-refractivity contribution >= 4 is 0 Å². The molecule has 0 radical (unpaired) electrons. The molecule has 0 spiro atoms. The van der Waals surface area contributed by atoms with Gasteiger partial charge in [-0.05, 0) is 51.6 Å². The first kappa shape index (κ1) is 11.9. The minimum absolute atomic E-state index is 0.354. The van der Waals surface area contributed by atoms with Gasteiger partial charge in [0, 0.05) is 11.7 Å². The van der Waals surface area contributed by atoms with Crippen LogP contribution in [0.5, 0.6) is 0 Å². The van der Waals surface area contributed by atoms with Crippen molar-refractivity contribution in [3.8, 4) is 5.69 Å². The fourth-order valence-electron chi connectivity index (χ4n) is 1.98.